The predicted octanol–water partition coefficient (Wildman–Crippen LogP) is 3.16. The minimum absolute atomic E-state index is 0.155. The number of nitrogen functional groups attached to an aromatic ring is 1. The molecule has 0 radical (unpaired) electrons. The molecule has 13 heteroatoms. The molecule has 36 heavy (non-hydrogen) atoms. The van der Waals surface area contributed by atoms with Crippen LogP contribution in [0.4, 0.5) is 11.8 Å². The van der Waals surface area contributed by atoms with Crippen molar-refractivity contribution in [3.05, 3.63) is 36.7 Å². The number of esters is 1. The number of carbonyl (C=O) groups excluding carboxylic acids is 1. The number of benzene rings is 1. The third-order valence-corrected chi connectivity index (χ3v) is 7.20. The maximum Gasteiger partial charge on any atom is 0.342 e. The van der Waals surface area contributed by atoms with Crippen molar-refractivity contribution >= 4 is 36.4 Å². The van der Waals surface area contributed by atoms with Crippen molar-refractivity contribution in [1.29, 1.82) is 0 Å². The molecule has 1 fully saturated rings. The summed E-state index contributed by atoms with van der Waals surface area (Å²) >= 11 is 0. The Morgan fingerprint density at radius 1 is 1.25 bits per heavy atom. The summed E-state index contributed by atoms with van der Waals surface area (Å²) in [5.41, 5.74) is 7.13. The van der Waals surface area contributed by atoms with Gasteiger partial charge in [-0.3, -0.25) is 9.36 Å². The average Bonchev–Trinajstić information content (AvgIpc) is 3.58. The quantitative estimate of drug-likeness (QED) is 0.164. The number of anilines is 2. The van der Waals surface area contributed by atoms with E-state index >= 15 is 0 Å². The topological polar surface area (TPSA) is 156 Å². The molecular weight excluding hydrogens is 485 g/mol. The number of imidazole rings is 1. The predicted molar refractivity (Wildman–Crippen MR) is 136 cm³/mol. The van der Waals surface area contributed by atoms with Gasteiger partial charge in [0.2, 0.25) is 5.95 Å². The van der Waals surface area contributed by atoms with Crippen molar-refractivity contribution in [2.24, 2.45) is 0 Å². The number of nitrogens with zero attached hydrogens (tertiary/aromatic N) is 4. The Labute approximate surface area is 209 Å². The van der Waals surface area contributed by atoms with Gasteiger partial charge in [0.15, 0.2) is 17.0 Å². The van der Waals surface area contributed by atoms with Gasteiger partial charge in [0.05, 0.1) is 19.5 Å². The van der Waals surface area contributed by atoms with Crippen molar-refractivity contribution in [3.8, 4) is 5.75 Å². The van der Waals surface area contributed by atoms with Gasteiger partial charge in [0.25, 0.3) is 0 Å². The van der Waals surface area contributed by atoms with Crippen molar-refractivity contribution < 1.29 is 23.4 Å². The molecule has 3 aromatic rings. The molecule has 2 aromatic heterocycles. The number of rotatable bonds is 14. The lowest BCUT2D eigenvalue weighted by atomic mass is 10.2. The molecule has 2 atom stereocenters. The van der Waals surface area contributed by atoms with E-state index in [1.54, 1.807) is 49.0 Å². The lowest BCUT2D eigenvalue weighted by Gasteiger charge is -2.24. The highest BCUT2D eigenvalue weighted by Gasteiger charge is 2.32. The molecule has 194 valence electrons. The number of aromatic nitrogens is 4. The first-order chi connectivity index (χ1) is 17.4. The number of para-hydroxylation sites is 1. The normalized spacial score (nSPS) is 15.8. The SMILES string of the molecule is CCOC(=O)[C@H](CC)NP(=O)(COCCn1cnc2c(NC3CC3)nc(N)nc21)Oc1ccccc1. The van der Waals surface area contributed by atoms with Gasteiger partial charge >= 0.3 is 13.5 Å². The summed E-state index contributed by atoms with van der Waals surface area (Å²) in [5, 5.41) is 6.17. The van der Waals surface area contributed by atoms with E-state index in [4.69, 9.17) is 19.7 Å². The van der Waals surface area contributed by atoms with E-state index in [-0.39, 0.29) is 25.5 Å². The third kappa shape index (κ3) is 6.71. The summed E-state index contributed by atoms with van der Waals surface area (Å²) in [7, 11) is -3.62. The molecule has 1 unspecified atom stereocenters. The molecule has 1 saturated carbocycles. The van der Waals surface area contributed by atoms with Crippen molar-refractivity contribution in [1.82, 2.24) is 24.6 Å². The maximum atomic E-state index is 13.7. The van der Waals surface area contributed by atoms with E-state index in [1.165, 1.54) is 0 Å². The van der Waals surface area contributed by atoms with Crippen molar-refractivity contribution in [2.45, 2.75) is 51.7 Å². The van der Waals surface area contributed by atoms with Crippen LogP contribution in [0.15, 0.2) is 36.7 Å². The van der Waals surface area contributed by atoms with E-state index in [9.17, 15) is 9.36 Å². The molecule has 12 nitrogen and oxygen atoms in total. The fourth-order valence-corrected chi connectivity index (χ4v) is 5.30. The Morgan fingerprint density at radius 2 is 2.03 bits per heavy atom. The Balaban J connectivity index is 1.42. The Hall–Kier alpha value is -3.21. The molecule has 0 aliphatic heterocycles. The van der Waals surface area contributed by atoms with Crippen LogP contribution in [0, 0.1) is 0 Å². The zero-order valence-electron chi connectivity index (χ0n) is 20.4. The van der Waals surface area contributed by atoms with E-state index in [2.05, 4.69) is 25.4 Å². The first kappa shape index (κ1) is 25.9. The molecule has 0 saturated heterocycles. The molecule has 4 N–H and O–H groups in total. The number of ether oxygens (including phenoxy) is 2. The molecule has 1 aliphatic rings. The number of nitrogens with one attached hydrogen (secondary N) is 2. The van der Waals surface area contributed by atoms with Crippen LogP contribution in [0.3, 0.4) is 0 Å². The van der Waals surface area contributed by atoms with E-state index < -0.39 is 19.5 Å². The lowest BCUT2D eigenvalue weighted by molar-refractivity contribution is -0.145. The zero-order chi connectivity index (χ0) is 25.5. The molecule has 1 aliphatic carbocycles. The highest BCUT2D eigenvalue weighted by molar-refractivity contribution is 7.57. The van der Waals surface area contributed by atoms with Crippen LogP contribution >= 0.6 is 7.52 Å². The molecule has 2 heterocycles. The molecular formula is C23H32N7O5P. The standard InChI is InChI=1S/C23H32N7O5P/c1-3-18(22(31)34-4-2)29-36(32,35-17-8-6-5-7-9-17)15-33-13-12-30-14-25-19-20(26-16-10-11-16)27-23(24)28-21(19)30/h5-9,14,16,18H,3-4,10-13,15H2,1-2H3,(H,29,32)(H3,24,26,27,28)/t18-,36?/m0/s1. The van der Waals surface area contributed by atoms with E-state index in [0.29, 0.717) is 41.7 Å². The van der Waals surface area contributed by atoms with Gasteiger partial charge in [0.1, 0.15) is 18.1 Å². The molecule has 4 rings (SSSR count). The van der Waals surface area contributed by atoms with Gasteiger partial charge in [-0.25, -0.2) is 10.1 Å². The first-order valence-corrected chi connectivity index (χ1v) is 13.8. The van der Waals surface area contributed by atoms with Gasteiger partial charge in [-0.05, 0) is 38.3 Å². The second kappa shape index (κ2) is 11.7. The summed E-state index contributed by atoms with van der Waals surface area (Å²) < 4.78 is 32.2. The maximum absolute atomic E-state index is 13.7. The number of carbonyl (C=O) groups is 1. The monoisotopic (exact) mass is 517 g/mol. The van der Waals surface area contributed by atoms with Gasteiger partial charge < -0.3 is 29.6 Å². The van der Waals surface area contributed by atoms with Crippen LogP contribution in [0.2, 0.25) is 0 Å². The van der Waals surface area contributed by atoms with Crippen LogP contribution in [-0.4, -0.2) is 57.1 Å². The van der Waals surface area contributed by atoms with Crippen LogP contribution in [0.25, 0.3) is 11.2 Å². The summed E-state index contributed by atoms with van der Waals surface area (Å²) in [4.78, 5) is 25.3. The van der Waals surface area contributed by atoms with Crippen LogP contribution in [0.1, 0.15) is 33.1 Å². The van der Waals surface area contributed by atoms with Crippen LogP contribution in [0.5, 0.6) is 5.75 Å². The lowest BCUT2D eigenvalue weighted by Crippen LogP contribution is -2.37. The molecule has 0 spiro atoms. The summed E-state index contributed by atoms with van der Waals surface area (Å²) in [6, 6.07) is 8.34. The van der Waals surface area contributed by atoms with Crippen LogP contribution < -0.4 is 20.7 Å². The smallest absolute Gasteiger partial charge is 0.342 e. The highest BCUT2D eigenvalue weighted by atomic mass is 31.2. The number of nitrogens with two attached hydrogens (primary N) is 1. The molecule has 0 amide bonds. The van der Waals surface area contributed by atoms with Crippen LogP contribution in [-0.2, 0) is 25.4 Å². The Bertz CT molecular complexity index is 1220. The highest BCUT2D eigenvalue weighted by Crippen LogP contribution is 2.44. The zero-order valence-corrected chi connectivity index (χ0v) is 21.3. The minimum Gasteiger partial charge on any atom is -0.465 e. The fraction of sp³-hybridized carbons (Fsp3) is 0.478. The number of hydrogen-bond donors (Lipinski definition) is 3. The Kier molecular flexibility index (Phi) is 8.40. The second-order valence-electron chi connectivity index (χ2n) is 8.42. The summed E-state index contributed by atoms with van der Waals surface area (Å²) in [6.07, 6.45) is 3.95. The number of hydrogen-bond acceptors (Lipinski definition) is 10. The summed E-state index contributed by atoms with van der Waals surface area (Å²) in [5.74, 6) is 0.686. The van der Waals surface area contributed by atoms with E-state index in [0.717, 1.165) is 12.8 Å². The second-order valence-corrected chi connectivity index (χ2v) is 10.5. The summed E-state index contributed by atoms with van der Waals surface area (Å²) in [6.45, 7) is 4.32. The van der Waals surface area contributed by atoms with Crippen molar-refractivity contribution in [2.75, 3.05) is 30.6 Å². The first-order valence-electron chi connectivity index (χ1n) is 12.0. The van der Waals surface area contributed by atoms with Gasteiger partial charge in [-0.2, -0.15) is 9.97 Å². The Morgan fingerprint density at radius 3 is 2.72 bits per heavy atom. The van der Waals surface area contributed by atoms with E-state index in [1.807, 2.05) is 6.07 Å². The minimum atomic E-state index is -3.62. The fourth-order valence-electron chi connectivity index (χ4n) is 3.53. The van der Waals surface area contributed by atoms with Crippen molar-refractivity contribution in [3.63, 3.8) is 0 Å². The molecule has 0 bridgehead atoms. The average molecular weight is 518 g/mol. The largest absolute Gasteiger partial charge is 0.465 e. The molecule has 1 aromatic carbocycles. The number of fused-ring (bicyclic) bond motifs is 1. The third-order valence-electron chi connectivity index (χ3n) is 5.47. The van der Waals surface area contributed by atoms with Gasteiger partial charge in [-0.1, -0.05) is 25.1 Å². The van der Waals surface area contributed by atoms with Gasteiger partial charge in [0, 0.05) is 12.6 Å². The van der Waals surface area contributed by atoms with Gasteiger partial charge in [-0.15, -0.1) is 0 Å².